The molecule has 22 heavy (non-hydrogen) atoms. The van der Waals surface area contributed by atoms with E-state index in [0.717, 1.165) is 38.8 Å². The van der Waals surface area contributed by atoms with E-state index < -0.39 is 0 Å². The molecule has 1 saturated heterocycles. The Morgan fingerprint density at radius 3 is 2.95 bits per heavy atom. The minimum Gasteiger partial charge on any atom is -0.490 e. The number of carbonyl (C=O) groups is 1. The Hall–Kier alpha value is -1.55. The quantitative estimate of drug-likeness (QED) is 0.710. The van der Waals surface area contributed by atoms with Gasteiger partial charge in [0.05, 0.1) is 11.7 Å². The summed E-state index contributed by atoms with van der Waals surface area (Å²) in [6.45, 7) is 4.23. The third-order valence-electron chi connectivity index (χ3n) is 3.90. The van der Waals surface area contributed by atoms with Gasteiger partial charge >= 0.3 is 0 Å². The number of ether oxygens (including phenoxy) is 2. The molecule has 2 rings (SSSR count). The molecule has 1 fully saturated rings. The van der Waals surface area contributed by atoms with Gasteiger partial charge in [-0.15, -0.1) is 0 Å². The maximum atomic E-state index is 12.3. The van der Waals surface area contributed by atoms with E-state index in [1.807, 2.05) is 24.3 Å². The van der Waals surface area contributed by atoms with Gasteiger partial charge in [0.2, 0.25) is 0 Å². The van der Waals surface area contributed by atoms with Gasteiger partial charge < -0.3 is 14.8 Å². The lowest BCUT2D eigenvalue weighted by atomic mass is 10.1. The van der Waals surface area contributed by atoms with E-state index in [4.69, 9.17) is 9.47 Å². The average molecular weight is 305 g/mol. The van der Waals surface area contributed by atoms with Crippen LogP contribution in [0.5, 0.6) is 5.75 Å². The van der Waals surface area contributed by atoms with Crippen molar-refractivity contribution in [1.29, 1.82) is 0 Å². The minimum atomic E-state index is -0.0561. The maximum Gasteiger partial charge on any atom is 0.255 e. The van der Waals surface area contributed by atoms with Gasteiger partial charge in [-0.2, -0.15) is 0 Å². The predicted molar refractivity (Wildman–Crippen MR) is 87.4 cm³/mol. The Morgan fingerprint density at radius 2 is 2.18 bits per heavy atom. The molecule has 0 bridgehead atoms. The van der Waals surface area contributed by atoms with Crippen LogP contribution >= 0.6 is 0 Å². The Bertz CT molecular complexity index is 455. The molecule has 1 N–H and O–H groups in total. The summed E-state index contributed by atoms with van der Waals surface area (Å²) in [5.41, 5.74) is 0.607. The van der Waals surface area contributed by atoms with Gasteiger partial charge in [0.25, 0.3) is 5.91 Å². The zero-order valence-corrected chi connectivity index (χ0v) is 13.5. The molecule has 0 spiro atoms. The van der Waals surface area contributed by atoms with Gasteiger partial charge in [-0.25, -0.2) is 0 Å². The summed E-state index contributed by atoms with van der Waals surface area (Å²) in [6, 6.07) is 7.42. The van der Waals surface area contributed by atoms with Crippen LogP contribution in [-0.4, -0.2) is 31.8 Å². The van der Waals surface area contributed by atoms with Crippen LogP contribution < -0.4 is 10.1 Å². The average Bonchev–Trinajstić information content (AvgIpc) is 3.06. The first kappa shape index (κ1) is 16.8. The van der Waals surface area contributed by atoms with E-state index in [1.165, 1.54) is 12.8 Å². The number of para-hydroxylation sites is 1. The van der Waals surface area contributed by atoms with Gasteiger partial charge in [-0.1, -0.05) is 38.3 Å². The SMILES string of the molecule is CCCCCCNC(=O)c1ccccc1OCC1CCCO1. The van der Waals surface area contributed by atoms with E-state index in [0.29, 0.717) is 17.9 Å². The van der Waals surface area contributed by atoms with Gasteiger partial charge in [0.15, 0.2) is 0 Å². The highest BCUT2D eigenvalue weighted by atomic mass is 16.5. The van der Waals surface area contributed by atoms with Crippen LogP contribution in [0.25, 0.3) is 0 Å². The fourth-order valence-electron chi connectivity index (χ4n) is 2.59. The Labute approximate surface area is 133 Å². The van der Waals surface area contributed by atoms with Crippen molar-refractivity contribution >= 4 is 5.91 Å². The second-order valence-corrected chi connectivity index (χ2v) is 5.76. The lowest BCUT2D eigenvalue weighted by molar-refractivity contribution is 0.0670. The highest BCUT2D eigenvalue weighted by Gasteiger charge is 2.18. The van der Waals surface area contributed by atoms with Crippen LogP contribution in [0.3, 0.4) is 0 Å². The standard InChI is InChI=1S/C18H27NO3/c1-2-3-4-7-12-19-18(20)16-10-5-6-11-17(16)22-14-15-9-8-13-21-15/h5-6,10-11,15H,2-4,7-9,12-14H2,1H3,(H,19,20). The van der Waals surface area contributed by atoms with Crippen LogP contribution in [-0.2, 0) is 4.74 Å². The molecule has 1 aromatic carbocycles. The molecule has 1 heterocycles. The summed E-state index contributed by atoms with van der Waals surface area (Å²) in [5.74, 6) is 0.587. The van der Waals surface area contributed by atoms with Gasteiger partial charge in [-0.05, 0) is 31.4 Å². The van der Waals surface area contributed by atoms with E-state index >= 15 is 0 Å². The molecule has 1 amide bonds. The van der Waals surface area contributed by atoms with Crippen LogP contribution in [0.15, 0.2) is 24.3 Å². The number of amides is 1. The second-order valence-electron chi connectivity index (χ2n) is 5.76. The maximum absolute atomic E-state index is 12.3. The minimum absolute atomic E-state index is 0.0561. The second kappa shape index (κ2) is 9.46. The van der Waals surface area contributed by atoms with Crippen molar-refractivity contribution in [2.75, 3.05) is 19.8 Å². The van der Waals surface area contributed by atoms with Gasteiger partial charge in [0.1, 0.15) is 12.4 Å². The van der Waals surface area contributed by atoms with E-state index in [9.17, 15) is 4.79 Å². The van der Waals surface area contributed by atoms with Crippen molar-refractivity contribution in [3.63, 3.8) is 0 Å². The predicted octanol–water partition coefficient (Wildman–Crippen LogP) is 3.55. The van der Waals surface area contributed by atoms with Gasteiger partial charge in [-0.3, -0.25) is 4.79 Å². The van der Waals surface area contributed by atoms with E-state index in [1.54, 1.807) is 0 Å². The van der Waals surface area contributed by atoms with Crippen LogP contribution in [0.2, 0.25) is 0 Å². The van der Waals surface area contributed by atoms with Gasteiger partial charge in [0, 0.05) is 13.2 Å². The molecule has 1 unspecified atom stereocenters. The molecule has 0 radical (unpaired) electrons. The van der Waals surface area contributed by atoms with Crippen LogP contribution in [0.4, 0.5) is 0 Å². The van der Waals surface area contributed by atoms with Crippen molar-refractivity contribution in [1.82, 2.24) is 5.32 Å². The van der Waals surface area contributed by atoms with Crippen molar-refractivity contribution < 1.29 is 14.3 Å². The smallest absolute Gasteiger partial charge is 0.255 e. The molecule has 4 nitrogen and oxygen atoms in total. The van der Waals surface area contributed by atoms with E-state index in [-0.39, 0.29) is 12.0 Å². The third kappa shape index (κ3) is 5.34. The van der Waals surface area contributed by atoms with Crippen molar-refractivity contribution in [2.24, 2.45) is 0 Å². The first-order chi connectivity index (χ1) is 10.8. The summed E-state index contributed by atoms with van der Waals surface area (Å²) in [6.07, 6.45) is 6.89. The molecule has 1 aromatic rings. The topological polar surface area (TPSA) is 47.6 Å². The fourth-order valence-corrected chi connectivity index (χ4v) is 2.59. The summed E-state index contributed by atoms with van der Waals surface area (Å²) >= 11 is 0. The number of nitrogens with one attached hydrogen (secondary N) is 1. The molecule has 122 valence electrons. The number of carbonyl (C=O) groups excluding carboxylic acids is 1. The van der Waals surface area contributed by atoms with Crippen molar-refractivity contribution in [2.45, 2.75) is 51.6 Å². The zero-order valence-electron chi connectivity index (χ0n) is 13.5. The highest BCUT2D eigenvalue weighted by Crippen LogP contribution is 2.20. The molecule has 0 aromatic heterocycles. The van der Waals surface area contributed by atoms with Crippen LogP contribution in [0, 0.1) is 0 Å². The first-order valence-electron chi connectivity index (χ1n) is 8.43. The molecule has 1 atom stereocenters. The van der Waals surface area contributed by atoms with Crippen molar-refractivity contribution in [3.8, 4) is 5.75 Å². The third-order valence-corrected chi connectivity index (χ3v) is 3.90. The van der Waals surface area contributed by atoms with Crippen LogP contribution in [0.1, 0.15) is 55.8 Å². The number of unbranched alkanes of at least 4 members (excludes halogenated alkanes) is 3. The number of hydrogen-bond acceptors (Lipinski definition) is 3. The first-order valence-corrected chi connectivity index (χ1v) is 8.43. The number of benzene rings is 1. The summed E-state index contributed by atoms with van der Waals surface area (Å²) in [7, 11) is 0. The Morgan fingerprint density at radius 1 is 1.32 bits per heavy atom. The zero-order chi connectivity index (χ0) is 15.6. The highest BCUT2D eigenvalue weighted by molar-refractivity contribution is 5.96. The molecule has 1 aliphatic heterocycles. The largest absolute Gasteiger partial charge is 0.490 e. The Balaban J connectivity index is 1.82. The Kier molecular flexibility index (Phi) is 7.23. The monoisotopic (exact) mass is 305 g/mol. The molecule has 4 heteroatoms. The molecular formula is C18H27NO3. The molecule has 0 aliphatic carbocycles. The molecular weight excluding hydrogens is 278 g/mol. The summed E-state index contributed by atoms with van der Waals surface area (Å²) < 4.78 is 11.4. The van der Waals surface area contributed by atoms with Crippen molar-refractivity contribution in [3.05, 3.63) is 29.8 Å². The number of hydrogen-bond donors (Lipinski definition) is 1. The molecule has 1 aliphatic rings. The lowest BCUT2D eigenvalue weighted by Gasteiger charge is -2.14. The lowest BCUT2D eigenvalue weighted by Crippen LogP contribution is -2.25. The fraction of sp³-hybridized carbons (Fsp3) is 0.611. The van der Waals surface area contributed by atoms with E-state index in [2.05, 4.69) is 12.2 Å². The molecule has 0 saturated carbocycles. The summed E-state index contributed by atoms with van der Waals surface area (Å²) in [5, 5.41) is 2.98. The number of rotatable bonds is 9. The summed E-state index contributed by atoms with van der Waals surface area (Å²) in [4.78, 5) is 12.3. The normalized spacial score (nSPS) is 17.4.